The molecule has 2 unspecified atom stereocenters. The molecule has 0 aliphatic carbocycles. The third kappa shape index (κ3) is 5.70. The number of ether oxygens (including phenoxy) is 1. The molecule has 0 radical (unpaired) electrons. The minimum absolute atomic E-state index is 0.0964. The molecule has 2 aromatic rings. The van der Waals surface area contributed by atoms with E-state index >= 15 is 0 Å². The summed E-state index contributed by atoms with van der Waals surface area (Å²) in [6.07, 6.45) is 0. The Morgan fingerprint density at radius 3 is 2.68 bits per heavy atom. The van der Waals surface area contributed by atoms with Gasteiger partial charge in [-0.25, -0.2) is 9.18 Å². The SMILES string of the molecule is CCOC(=O)C[S+]([O-])c1ccc(C(=O)N2CCN(c3cccc(Cl)c3)CC2C)cc1F. The third-order valence-corrected chi connectivity index (χ3v) is 6.59. The number of carbonyl (C=O) groups excluding carboxylic acids is 2. The van der Waals surface area contributed by atoms with E-state index in [4.69, 9.17) is 16.3 Å². The molecule has 0 N–H and O–H groups in total. The lowest BCUT2D eigenvalue weighted by atomic mass is 10.1. The fraction of sp³-hybridized carbons (Fsp3) is 0.364. The molecule has 0 spiro atoms. The summed E-state index contributed by atoms with van der Waals surface area (Å²) in [6.45, 7) is 5.46. The molecule has 1 fully saturated rings. The van der Waals surface area contributed by atoms with Crippen molar-refractivity contribution < 1.29 is 23.3 Å². The molecule has 31 heavy (non-hydrogen) atoms. The van der Waals surface area contributed by atoms with Crippen molar-refractivity contribution in [1.29, 1.82) is 0 Å². The van der Waals surface area contributed by atoms with Crippen LogP contribution >= 0.6 is 11.6 Å². The Morgan fingerprint density at radius 2 is 2.03 bits per heavy atom. The van der Waals surface area contributed by atoms with Gasteiger partial charge in [0.05, 0.1) is 6.61 Å². The van der Waals surface area contributed by atoms with Crippen LogP contribution in [0.4, 0.5) is 10.1 Å². The van der Waals surface area contributed by atoms with Gasteiger partial charge in [-0.2, -0.15) is 0 Å². The second kappa shape index (κ2) is 10.3. The van der Waals surface area contributed by atoms with Crippen LogP contribution in [0.2, 0.25) is 5.02 Å². The van der Waals surface area contributed by atoms with Gasteiger partial charge < -0.3 is 19.1 Å². The highest BCUT2D eigenvalue weighted by Gasteiger charge is 2.30. The van der Waals surface area contributed by atoms with E-state index < -0.39 is 28.7 Å². The van der Waals surface area contributed by atoms with Gasteiger partial charge in [-0.3, -0.25) is 4.79 Å². The Labute approximate surface area is 189 Å². The minimum atomic E-state index is -1.88. The van der Waals surface area contributed by atoms with E-state index in [-0.39, 0.29) is 29.0 Å². The highest BCUT2D eigenvalue weighted by Crippen LogP contribution is 2.24. The first-order valence-corrected chi connectivity index (χ1v) is 11.6. The van der Waals surface area contributed by atoms with Gasteiger partial charge >= 0.3 is 5.97 Å². The van der Waals surface area contributed by atoms with Crippen LogP contribution < -0.4 is 4.90 Å². The van der Waals surface area contributed by atoms with Crippen molar-refractivity contribution in [2.24, 2.45) is 0 Å². The fourth-order valence-corrected chi connectivity index (χ4v) is 4.67. The molecule has 0 saturated carbocycles. The zero-order valence-electron chi connectivity index (χ0n) is 17.3. The Kier molecular flexibility index (Phi) is 7.80. The van der Waals surface area contributed by atoms with Crippen molar-refractivity contribution in [3.05, 3.63) is 58.9 Å². The normalized spacial score (nSPS) is 17.4. The number of rotatable bonds is 6. The number of halogens is 2. The van der Waals surface area contributed by atoms with Gasteiger partial charge in [-0.1, -0.05) is 17.7 Å². The number of esters is 1. The van der Waals surface area contributed by atoms with E-state index in [9.17, 15) is 18.5 Å². The highest BCUT2D eigenvalue weighted by molar-refractivity contribution is 7.92. The van der Waals surface area contributed by atoms with Crippen molar-refractivity contribution in [3.63, 3.8) is 0 Å². The first-order chi connectivity index (χ1) is 14.8. The van der Waals surface area contributed by atoms with Crippen LogP contribution in [0, 0.1) is 5.82 Å². The van der Waals surface area contributed by atoms with E-state index in [1.807, 2.05) is 31.2 Å². The molecular weight excluding hydrogens is 443 g/mol. The zero-order chi connectivity index (χ0) is 22.5. The summed E-state index contributed by atoms with van der Waals surface area (Å²) >= 11 is 4.20. The van der Waals surface area contributed by atoms with Gasteiger partial charge in [0.1, 0.15) is 0 Å². The lowest BCUT2D eigenvalue weighted by Gasteiger charge is -2.41. The molecule has 3 rings (SSSR count). The second-order valence-electron chi connectivity index (χ2n) is 7.21. The Bertz CT molecular complexity index is 961. The van der Waals surface area contributed by atoms with Crippen molar-refractivity contribution in [2.45, 2.75) is 24.8 Å². The van der Waals surface area contributed by atoms with E-state index in [1.54, 1.807) is 11.8 Å². The number of piperazine rings is 1. The largest absolute Gasteiger partial charge is 0.611 e. The smallest absolute Gasteiger partial charge is 0.356 e. The predicted molar refractivity (Wildman–Crippen MR) is 118 cm³/mol. The molecule has 9 heteroatoms. The van der Waals surface area contributed by atoms with Gasteiger partial charge in [0.15, 0.2) is 10.7 Å². The zero-order valence-corrected chi connectivity index (χ0v) is 18.9. The monoisotopic (exact) mass is 466 g/mol. The number of hydrogen-bond acceptors (Lipinski definition) is 5. The van der Waals surface area contributed by atoms with Crippen molar-refractivity contribution in [3.8, 4) is 0 Å². The van der Waals surface area contributed by atoms with Crippen LogP contribution in [0.1, 0.15) is 24.2 Å². The average molecular weight is 467 g/mol. The van der Waals surface area contributed by atoms with Gasteiger partial charge in [-0.15, -0.1) is 0 Å². The maximum Gasteiger partial charge on any atom is 0.356 e. The lowest BCUT2D eigenvalue weighted by molar-refractivity contribution is -0.139. The number of benzene rings is 2. The van der Waals surface area contributed by atoms with Crippen molar-refractivity contribution >= 4 is 40.3 Å². The van der Waals surface area contributed by atoms with Gasteiger partial charge in [0.2, 0.25) is 5.75 Å². The quantitative estimate of drug-likeness (QED) is 0.481. The summed E-state index contributed by atoms with van der Waals surface area (Å²) < 4.78 is 31.5. The fourth-order valence-electron chi connectivity index (χ4n) is 3.54. The van der Waals surface area contributed by atoms with E-state index in [1.165, 1.54) is 12.1 Å². The van der Waals surface area contributed by atoms with Gasteiger partial charge in [-0.05, 0) is 61.4 Å². The van der Waals surface area contributed by atoms with Crippen molar-refractivity contribution in [2.75, 3.05) is 36.9 Å². The minimum Gasteiger partial charge on any atom is -0.611 e. The number of nitrogens with zero attached hydrogens (tertiary/aromatic N) is 2. The van der Waals surface area contributed by atoms with Crippen LogP contribution in [-0.4, -0.2) is 59.4 Å². The second-order valence-corrected chi connectivity index (χ2v) is 9.07. The first kappa shape index (κ1) is 23.4. The molecule has 1 aliphatic heterocycles. The maximum atomic E-state index is 14.5. The molecular formula is C22H24ClFN2O4S. The summed E-state index contributed by atoms with van der Waals surface area (Å²) in [4.78, 5) is 28.2. The van der Waals surface area contributed by atoms with Crippen LogP contribution in [0.15, 0.2) is 47.4 Å². The van der Waals surface area contributed by atoms with Crippen LogP contribution in [0.25, 0.3) is 0 Å². The molecule has 1 heterocycles. The van der Waals surface area contributed by atoms with Crippen LogP contribution in [-0.2, 0) is 20.7 Å². The molecule has 2 aromatic carbocycles. The van der Waals surface area contributed by atoms with Gasteiger partial charge in [0.25, 0.3) is 5.91 Å². The summed E-state index contributed by atoms with van der Waals surface area (Å²) in [5.41, 5.74) is 1.17. The average Bonchev–Trinajstić information content (AvgIpc) is 2.73. The molecule has 166 valence electrons. The molecule has 1 saturated heterocycles. The molecule has 0 bridgehead atoms. The molecule has 6 nitrogen and oxygen atoms in total. The predicted octanol–water partition coefficient (Wildman–Crippen LogP) is 3.50. The molecule has 1 aliphatic rings. The number of anilines is 1. The topological polar surface area (TPSA) is 72.9 Å². The summed E-state index contributed by atoms with van der Waals surface area (Å²) in [5, 5.41) is 0.652. The van der Waals surface area contributed by atoms with E-state index in [2.05, 4.69) is 4.90 Å². The third-order valence-electron chi connectivity index (χ3n) is 5.04. The number of carbonyl (C=O) groups is 2. The summed E-state index contributed by atoms with van der Waals surface area (Å²) in [6, 6.07) is 11.3. The Balaban J connectivity index is 1.67. The maximum absolute atomic E-state index is 14.5. The van der Waals surface area contributed by atoms with Crippen LogP contribution in [0.5, 0.6) is 0 Å². The number of amides is 1. The standard InChI is InChI=1S/C22H24ClFN2O4S/c1-3-30-21(27)14-31(29)20-8-7-16(11-19(20)24)22(28)26-10-9-25(13-15(26)2)18-6-4-5-17(23)12-18/h4-8,11-12,15H,3,9-10,13-14H2,1-2H3. The van der Waals surface area contributed by atoms with Crippen LogP contribution in [0.3, 0.4) is 0 Å². The number of hydrogen-bond donors (Lipinski definition) is 0. The lowest BCUT2D eigenvalue weighted by Crippen LogP contribution is -2.54. The van der Waals surface area contributed by atoms with Gasteiger partial charge in [0, 0.05) is 41.9 Å². The molecule has 1 amide bonds. The summed E-state index contributed by atoms with van der Waals surface area (Å²) in [5.74, 6) is -2.16. The first-order valence-electron chi connectivity index (χ1n) is 9.95. The Morgan fingerprint density at radius 1 is 1.26 bits per heavy atom. The molecule has 0 aromatic heterocycles. The van der Waals surface area contributed by atoms with Crippen molar-refractivity contribution in [1.82, 2.24) is 4.90 Å². The highest BCUT2D eigenvalue weighted by atomic mass is 35.5. The van der Waals surface area contributed by atoms with E-state index in [0.29, 0.717) is 24.7 Å². The molecule has 2 atom stereocenters. The van der Waals surface area contributed by atoms with E-state index in [0.717, 1.165) is 11.8 Å². The Hall–Kier alpha value is -2.29. The summed E-state index contributed by atoms with van der Waals surface area (Å²) in [7, 11) is 0.